The first kappa shape index (κ1) is 22.4. The van der Waals surface area contributed by atoms with E-state index in [-0.39, 0.29) is 17.0 Å². The molecule has 154 valence electrons. The highest BCUT2D eigenvalue weighted by atomic mass is 79.9. The maximum atomic E-state index is 12.4. The summed E-state index contributed by atoms with van der Waals surface area (Å²) in [6.07, 6.45) is -0.0400. The molecule has 0 saturated heterocycles. The summed E-state index contributed by atoms with van der Waals surface area (Å²) in [5, 5.41) is 2.55. The number of nitrogens with zero attached hydrogens (tertiary/aromatic N) is 1. The smallest absolute Gasteiger partial charge is 0.413 e. The second-order valence-electron chi connectivity index (χ2n) is 6.28. The average Bonchev–Trinajstić information content (AvgIpc) is 2.66. The Morgan fingerprint density at radius 3 is 2.48 bits per heavy atom. The number of halogens is 1. The van der Waals surface area contributed by atoms with Crippen LogP contribution in [0.5, 0.6) is 5.88 Å². The summed E-state index contributed by atoms with van der Waals surface area (Å²) in [7, 11) is 1.26. The fourth-order valence-corrected chi connectivity index (χ4v) is 3.33. The molecule has 0 spiro atoms. The van der Waals surface area contributed by atoms with Crippen molar-refractivity contribution in [2.24, 2.45) is 5.73 Å². The van der Waals surface area contributed by atoms with E-state index >= 15 is 0 Å². The summed E-state index contributed by atoms with van der Waals surface area (Å²) in [6, 6.07) is 5.09. The molecule has 2 aromatic rings. The number of nitrogens with two attached hydrogens (primary N) is 1. The zero-order chi connectivity index (χ0) is 21.7. The Kier molecular flexibility index (Phi) is 7.33. The Hall–Kier alpha value is -2.94. The highest BCUT2D eigenvalue weighted by molar-refractivity contribution is 9.10. The van der Waals surface area contributed by atoms with E-state index in [2.05, 4.69) is 26.2 Å². The Balaban J connectivity index is 2.78. The first-order valence-electron chi connectivity index (χ1n) is 8.86. The van der Waals surface area contributed by atoms with Gasteiger partial charge in [0.05, 0.1) is 12.7 Å². The first-order chi connectivity index (χ1) is 13.7. The van der Waals surface area contributed by atoms with E-state index < -0.39 is 18.0 Å². The SMILES string of the molecule is CCCNC(=O)Oc1nc(C)cc(-c2c(C)ccc(Br)c2C(=O)OC)c1C(N)=O. The molecule has 8 nitrogen and oxygen atoms in total. The number of nitrogens with one attached hydrogen (secondary N) is 1. The van der Waals surface area contributed by atoms with Crippen LogP contribution in [0.3, 0.4) is 0 Å². The molecular weight excluding hydrogens is 442 g/mol. The maximum absolute atomic E-state index is 12.4. The third-order valence-electron chi connectivity index (χ3n) is 4.09. The van der Waals surface area contributed by atoms with Gasteiger partial charge in [0.2, 0.25) is 5.88 Å². The number of amides is 2. The maximum Gasteiger partial charge on any atom is 0.413 e. The molecule has 0 atom stereocenters. The predicted octanol–water partition coefficient (Wildman–Crippen LogP) is 3.51. The molecule has 0 saturated carbocycles. The number of hydrogen-bond donors (Lipinski definition) is 2. The molecule has 2 amide bonds. The summed E-state index contributed by atoms with van der Waals surface area (Å²) in [5.74, 6) is -1.67. The lowest BCUT2D eigenvalue weighted by Gasteiger charge is -2.18. The third-order valence-corrected chi connectivity index (χ3v) is 4.75. The lowest BCUT2D eigenvalue weighted by Crippen LogP contribution is -2.29. The van der Waals surface area contributed by atoms with Gasteiger partial charge in [0.25, 0.3) is 5.91 Å². The normalized spacial score (nSPS) is 10.4. The fraction of sp³-hybridized carbons (Fsp3) is 0.300. The average molecular weight is 464 g/mol. The van der Waals surface area contributed by atoms with Gasteiger partial charge in [0, 0.05) is 27.8 Å². The molecule has 2 rings (SSSR count). The number of pyridine rings is 1. The predicted molar refractivity (Wildman–Crippen MR) is 111 cm³/mol. The van der Waals surface area contributed by atoms with Gasteiger partial charge in [-0.2, -0.15) is 0 Å². The molecule has 3 N–H and O–H groups in total. The van der Waals surface area contributed by atoms with Crippen LogP contribution in [0.2, 0.25) is 0 Å². The highest BCUT2D eigenvalue weighted by Crippen LogP contribution is 2.38. The Morgan fingerprint density at radius 2 is 1.90 bits per heavy atom. The molecule has 0 unspecified atom stereocenters. The monoisotopic (exact) mass is 463 g/mol. The fourth-order valence-electron chi connectivity index (χ4n) is 2.83. The molecule has 0 aliphatic carbocycles. The number of primary amides is 1. The third kappa shape index (κ3) is 4.92. The number of carbonyl (C=O) groups excluding carboxylic acids is 3. The minimum atomic E-state index is -0.846. The van der Waals surface area contributed by atoms with Gasteiger partial charge < -0.3 is 20.5 Å². The van der Waals surface area contributed by atoms with Gasteiger partial charge in [0.15, 0.2) is 0 Å². The van der Waals surface area contributed by atoms with E-state index in [1.165, 1.54) is 7.11 Å². The molecule has 1 aromatic carbocycles. The zero-order valence-electron chi connectivity index (χ0n) is 16.6. The molecule has 0 bridgehead atoms. The van der Waals surface area contributed by atoms with E-state index in [9.17, 15) is 14.4 Å². The number of ether oxygens (including phenoxy) is 2. The summed E-state index contributed by atoms with van der Waals surface area (Å²) < 4.78 is 10.7. The van der Waals surface area contributed by atoms with Crippen molar-refractivity contribution in [3.63, 3.8) is 0 Å². The minimum Gasteiger partial charge on any atom is -0.465 e. The van der Waals surface area contributed by atoms with Crippen molar-refractivity contribution in [1.29, 1.82) is 0 Å². The minimum absolute atomic E-state index is 0.103. The van der Waals surface area contributed by atoms with Gasteiger partial charge in [-0.1, -0.05) is 13.0 Å². The molecule has 0 aliphatic heterocycles. The van der Waals surface area contributed by atoms with Gasteiger partial charge in [-0.05, 0) is 53.9 Å². The number of rotatable bonds is 6. The van der Waals surface area contributed by atoms with Crippen molar-refractivity contribution < 1.29 is 23.9 Å². The molecule has 1 aromatic heterocycles. The van der Waals surface area contributed by atoms with Crippen LogP contribution in [0.15, 0.2) is 22.7 Å². The molecule has 29 heavy (non-hydrogen) atoms. The quantitative estimate of drug-likeness (QED) is 0.632. The second kappa shape index (κ2) is 9.51. The Morgan fingerprint density at radius 1 is 1.21 bits per heavy atom. The van der Waals surface area contributed by atoms with Gasteiger partial charge in [-0.15, -0.1) is 0 Å². The molecule has 9 heteroatoms. The number of esters is 1. The largest absolute Gasteiger partial charge is 0.465 e. The molecule has 1 heterocycles. The van der Waals surface area contributed by atoms with E-state index in [0.29, 0.717) is 39.8 Å². The van der Waals surface area contributed by atoms with Crippen molar-refractivity contribution in [2.45, 2.75) is 27.2 Å². The van der Waals surface area contributed by atoms with E-state index in [1.807, 2.05) is 6.92 Å². The van der Waals surface area contributed by atoms with Crippen LogP contribution in [0.1, 0.15) is 45.3 Å². The number of hydrogen-bond acceptors (Lipinski definition) is 6. The summed E-state index contributed by atoms with van der Waals surface area (Å²) in [4.78, 5) is 41.0. The summed E-state index contributed by atoms with van der Waals surface area (Å²) in [6.45, 7) is 5.75. The number of methoxy groups -OCH3 is 1. The van der Waals surface area contributed by atoms with Crippen LogP contribution >= 0.6 is 15.9 Å². The van der Waals surface area contributed by atoms with Crippen molar-refractivity contribution in [2.75, 3.05) is 13.7 Å². The van der Waals surface area contributed by atoms with Crippen LogP contribution in [0, 0.1) is 13.8 Å². The zero-order valence-corrected chi connectivity index (χ0v) is 18.2. The van der Waals surface area contributed by atoms with Gasteiger partial charge in [-0.25, -0.2) is 14.6 Å². The molecule has 0 fully saturated rings. The lowest BCUT2D eigenvalue weighted by atomic mass is 9.91. The Labute approximate surface area is 176 Å². The summed E-state index contributed by atoms with van der Waals surface area (Å²) in [5.41, 5.74) is 7.65. The standard InChI is InChI=1S/C20H22BrN3O5/c1-5-8-23-20(27)29-18-15(17(22)25)12(9-11(3)24-18)14-10(2)6-7-13(21)16(14)19(26)28-4/h6-7,9H,5,8H2,1-4H3,(H2,22,25)(H,23,27). The number of aryl methyl sites for hydroxylation is 2. The first-order valence-corrected chi connectivity index (χ1v) is 9.65. The van der Waals surface area contributed by atoms with Crippen molar-refractivity contribution in [3.05, 3.63) is 45.1 Å². The van der Waals surface area contributed by atoms with Crippen molar-refractivity contribution in [1.82, 2.24) is 10.3 Å². The van der Waals surface area contributed by atoms with E-state index in [4.69, 9.17) is 15.2 Å². The highest BCUT2D eigenvalue weighted by Gasteiger charge is 2.27. The second-order valence-corrected chi connectivity index (χ2v) is 7.13. The van der Waals surface area contributed by atoms with E-state index in [1.54, 1.807) is 32.0 Å². The van der Waals surface area contributed by atoms with Crippen molar-refractivity contribution >= 4 is 33.9 Å². The summed E-state index contributed by atoms with van der Waals surface area (Å²) >= 11 is 3.36. The van der Waals surface area contributed by atoms with Gasteiger partial charge in [-0.3, -0.25) is 4.79 Å². The molecule has 0 radical (unpaired) electrons. The van der Waals surface area contributed by atoms with Crippen molar-refractivity contribution in [3.8, 4) is 17.0 Å². The molecular formula is C20H22BrN3O5. The number of aromatic nitrogens is 1. The number of benzene rings is 1. The van der Waals surface area contributed by atoms with Crippen LogP contribution in [-0.4, -0.2) is 36.6 Å². The van der Waals surface area contributed by atoms with E-state index in [0.717, 1.165) is 0 Å². The van der Waals surface area contributed by atoms with Gasteiger partial charge in [0.1, 0.15) is 5.56 Å². The number of carbonyl (C=O) groups is 3. The van der Waals surface area contributed by atoms with Crippen LogP contribution in [0.25, 0.3) is 11.1 Å². The Bertz CT molecular complexity index is 975. The van der Waals surface area contributed by atoms with Crippen LogP contribution in [0.4, 0.5) is 4.79 Å². The van der Waals surface area contributed by atoms with Crippen LogP contribution < -0.4 is 15.8 Å². The lowest BCUT2D eigenvalue weighted by molar-refractivity contribution is 0.0600. The topological polar surface area (TPSA) is 121 Å². The van der Waals surface area contributed by atoms with Crippen LogP contribution in [-0.2, 0) is 4.74 Å². The molecule has 0 aliphatic rings. The van der Waals surface area contributed by atoms with Gasteiger partial charge >= 0.3 is 12.1 Å².